The fourth-order valence-corrected chi connectivity index (χ4v) is 2.68. The van der Waals surface area contributed by atoms with Gasteiger partial charge in [0.05, 0.1) is 6.07 Å². The lowest BCUT2D eigenvalue weighted by Gasteiger charge is -2.28. The van der Waals surface area contributed by atoms with Gasteiger partial charge in [-0.25, -0.2) is 0 Å². The van der Waals surface area contributed by atoms with Crippen LogP contribution >= 0.6 is 0 Å². The van der Waals surface area contributed by atoms with Crippen molar-refractivity contribution in [1.82, 2.24) is 5.32 Å². The summed E-state index contributed by atoms with van der Waals surface area (Å²) >= 11 is 0. The number of nitriles is 1. The van der Waals surface area contributed by atoms with E-state index < -0.39 is 0 Å². The standard InChI is InChI=1S/C10H16N2/c11-5-1-2-8-6-9-3-4-10(7-8)12-9/h8-10,12H,1-4,6-7H2. The first-order valence-corrected chi connectivity index (χ1v) is 5.01. The van der Waals surface area contributed by atoms with E-state index >= 15 is 0 Å². The van der Waals surface area contributed by atoms with Crippen LogP contribution in [0.5, 0.6) is 0 Å². The molecular formula is C10H16N2. The Morgan fingerprint density at radius 2 is 1.92 bits per heavy atom. The molecule has 2 aliphatic heterocycles. The fraction of sp³-hybridized carbons (Fsp3) is 0.900. The molecule has 2 fully saturated rings. The highest BCUT2D eigenvalue weighted by atomic mass is 15.0. The average molecular weight is 164 g/mol. The number of fused-ring (bicyclic) bond motifs is 2. The highest BCUT2D eigenvalue weighted by molar-refractivity contribution is 4.92. The van der Waals surface area contributed by atoms with Crippen molar-refractivity contribution in [2.75, 3.05) is 0 Å². The summed E-state index contributed by atoms with van der Waals surface area (Å²) in [5, 5.41) is 12.1. The van der Waals surface area contributed by atoms with Gasteiger partial charge in [-0.15, -0.1) is 0 Å². The first-order valence-electron chi connectivity index (χ1n) is 5.01. The SMILES string of the molecule is N#CCCC1CC2CCC(C1)N2. The number of hydrogen-bond acceptors (Lipinski definition) is 2. The zero-order chi connectivity index (χ0) is 8.39. The van der Waals surface area contributed by atoms with Crippen molar-refractivity contribution in [1.29, 1.82) is 5.26 Å². The third kappa shape index (κ3) is 1.61. The third-order valence-electron chi connectivity index (χ3n) is 3.24. The molecule has 2 aliphatic rings. The summed E-state index contributed by atoms with van der Waals surface area (Å²) in [5.74, 6) is 0.836. The second kappa shape index (κ2) is 3.45. The van der Waals surface area contributed by atoms with Crippen LogP contribution in [0.2, 0.25) is 0 Å². The quantitative estimate of drug-likeness (QED) is 0.675. The molecule has 0 aromatic rings. The van der Waals surface area contributed by atoms with Crippen LogP contribution in [0.15, 0.2) is 0 Å². The van der Waals surface area contributed by atoms with Crippen LogP contribution in [0.4, 0.5) is 0 Å². The summed E-state index contributed by atoms with van der Waals surface area (Å²) < 4.78 is 0. The summed E-state index contributed by atoms with van der Waals surface area (Å²) in [6.45, 7) is 0. The van der Waals surface area contributed by atoms with Gasteiger partial charge in [0.15, 0.2) is 0 Å². The van der Waals surface area contributed by atoms with E-state index in [0.717, 1.165) is 30.8 Å². The molecule has 2 heterocycles. The Morgan fingerprint density at radius 1 is 1.25 bits per heavy atom. The Morgan fingerprint density at radius 3 is 2.50 bits per heavy atom. The summed E-state index contributed by atoms with van der Waals surface area (Å²) in [6.07, 6.45) is 7.26. The number of piperidine rings is 1. The molecule has 0 saturated carbocycles. The van der Waals surface area contributed by atoms with Gasteiger partial charge in [0, 0.05) is 18.5 Å². The summed E-state index contributed by atoms with van der Waals surface area (Å²) in [5.41, 5.74) is 0. The maximum Gasteiger partial charge on any atom is 0.0621 e. The van der Waals surface area contributed by atoms with Crippen LogP contribution in [-0.4, -0.2) is 12.1 Å². The zero-order valence-electron chi connectivity index (χ0n) is 7.42. The second-order valence-corrected chi connectivity index (χ2v) is 4.17. The van der Waals surface area contributed by atoms with E-state index in [1.54, 1.807) is 0 Å². The highest BCUT2D eigenvalue weighted by Crippen LogP contribution is 2.32. The first kappa shape index (κ1) is 8.07. The van der Waals surface area contributed by atoms with Gasteiger partial charge in [-0.3, -0.25) is 0 Å². The third-order valence-corrected chi connectivity index (χ3v) is 3.24. The second-order valence-electron chi connectivity index (χ2n) is 4.17. The largest absolute Gasteiger partial charge is 0.311 e. The van der Waals surface area contributed by atoms with Gasteiger partial charge in [0.1, 0.15) is 0 Å². The molecule has 0 aliphatic carbocycles. The number of nitrogens with zero attached hydrogens (tertiary/aromatic N) is 1. The van der Waals surface area contributed by atoms with Crippen molar-refractivity contribution in [2.45, 2.75) is 50.6 Å². The van der Waals surface area contributed by atoms with E-state index in [9.17, 15) is 0 Å². The van der Waals surface area contributed by atoms with Crippen molar-refractivity contribution < 1.29 is 0 Å². The molecule has 0 spiro atoms. The number of rotatable bonds is 2. The van der Waals surface area contributed by atoms with Crippen LogP contribution in [0.3, 0.4) is 0 Å². The van der Waals surface area contributed by atoms with Crippen molar-refractivity contribution in [2.24, 2.45) is 5.92 Å². The van der Waals surface area contributed by atoms with Crippen LogP contribution in [-0.2, 0) is 0 Å². The van der Waals surface area contributed by atoms with Gasteiger partial charge < -0.3 is 5.32 Å². The van der Waals surface area contributed by atoms with Crippen LogP contribution in [0.1, 0.15) is 38.5 Å². The molecule has 0 aromatic heterocycles. The smallest absolute Gasteiger partial charge is 0.0621 e. The highest BCUT2D eigenvalue weighted by Gasteiger charge is 2.32. The number of hydrogen-bond donors (Lipinski definition) is 1. The minimum absolute atomic E-state index is 0.754. The summed E-state index contributed by atoms with van der Waals surface area (Å²) in [7, 11) is 0. The Labute approximate surface area is 74.0 Å². The summed E-state index contributed by atoms with van der Waals surface area (Å²) in [4.78, 5) is 0. The van der Waals surface area contributed by atoms with Gasteiger partial charge in [0.25, 0.3) is 0 Å². The Balaban J connectivity index is 1.82. The molecule has 0 amide bonds. The minimum atomic E-state index is 0.754. The molecule has 12 heavy (non-hydrogen) atoms. The van der Waals surface area contributed by atoms with Gasteiger partial charge in [-0.05, 0) is 38.0 Å². The Kier molecular flexibility index (Phi) is 2.32. The van der Waals surface area contributed by atoms with Gasteiger partial charge in [0.2, 0.25) is 0 Å². The van der Waals surface area contributed by atoms with Gasteiger partial charge in [-0.1, -0.05) is 0 Å². The maximum absolute atomic E-state index is 8.48. The minimum Gasteiger partial charge on any atom is -0.311 e. The molecule has 66 valence electrons. The van der Waals surface area contributed by atoms with E-state index in [0.29, 0.717) is 0 Å². The van der Waals surface area contributed by atoms with Crippen molar-refractivity contribution in [3.63, 3.8) is 0 Å². The lowest BCUT2D eigenvalue weighted by atomic mass is 9.89. The Bertz CT molecular complexity index is 183. The van der Waals surface area contributed by atoms with Crippen molar-refractivity contribution >= 4 is 0 Å². The first-order chi connectivity index (χ1) is 5.88. The monoisotopic (exact) mass is 164 g/mol. The summed E-state index contributed by atoms with van der Waals surface area (Å²) in [6, 6.07) is 3.81. The fourth-order valence-electron chi connectivity index (χ4n) is 2.68. The lowest BCUT2D eigenvalue weighted by Crippen LogP contribution is -2.37. The topological polar surface area (TPSA) is 35.8 Å². The van der Waals surface area contributed by atoms with Crippen molar-refractivity contribution in [3.05, 3.63) is 0 Å². The molecule has 2 saturated heterocycles. The van der Waals surface area contributed by atoms with E-state index in [-0.39, 0.29) is 0 Å². The van der Waals surface area contributed by atoms with Crippen LogP contribution in [0.25, 0.3) is 0 Å². The number of nitrogens with one attached hydrogen (secondary N) is 1. The molecule has 2 rings (SSSR count). The maximum atomic E-state index is 8.48. The average Bonchev–Trinajstić information content (AvgIpc) is 2.42. The molecule has 0 aromatic carbocycles. The predicted molar refractivity (Wildman–Crippen MR) is 47.5 cm³/mol. The lowest BCUT2D eigenvalue weighted by molar-refractivity contribution is 0.288. The normalized spacial score (nSPS) is 39.4. The molecule has 2 nitrogen and oxygen atoms in total. The molecule has 0 radical (unpaired) electrons. The van der Waals surface area contributed by atoms with Gasteiger partial charge >= 0.3 is 0 Å². The van der Waals surface area contributed by atoms with Crippen LogP contribution in [0, 0.1) is 17.2 Å². The molecule has 2 unspecified atom stereocenters. The van der Waals surface area contributed by atoms with Crippen LogP contribution < -0.4 is 5.32 Å². The van der Waals surface area contributed by atoms with Gasteiger partial charge in [-0.2, -0.15) is 5.26 Å². The zero-order valence-corrected chi connectivity index (χ0v) is 7.42. The molecule has 2 heteroatoms. The van der Waals surface area contributed by atoms with E-state index in [1.165, 1.54) is 25.7 Å². The predicted octanol–water partition coefficient (Wildman–Crippen LogP) is 1.82. The van der Waals surface area contributed by atoms with E-state index in [4.69, 9.17) is 5.26 Å². The molecular weight excluding hydrogens is 148 g/mol. The molecule has 1 N–H and O–H groups in total. The Hall–Kier alpha value is -0.550. The van der Waals surface area contributed by atoms with E-state index in [2.05, 4.69) is 11.4 Å². The molecule has 2 bridgehead atoms. The molecule has 2 atom stereocenters. The van der Waals surface area contributed by atoms with Crippen molar-refractivity contribution in [3.8, 4) is 6.07 Å². The van der Waals surface area contributed by atoms with E-state index in [1.807, 2.05) is 0 Å².